The van der Waals surface area contributed by atoms with E-state index in [2.05, 4.69) is 10.5 Å². The highest BCUT2D eigenvalue weighted by Crippen LogP contribution is 2.14. The average molecular weight is 310 g/mol. The second kappa shape index (κ2) is 7.13. The molecule has 1 amide bonds. The summed E-state index contributed by atoms with van der Waals surface area (Å²) in [6.07, 6.45) is 0.703. The van der Waals surface area contributed by atoms with Crippen molar-refractivity contribution in [2.24, 2.45) is 0 Å². The molecule has 21 heavy (non-hydrogen) atoms. The zero-order valence-electron chi connectivity index (χ0n) is 12.4. The quantitative estimate of drug-likeness (QED) is 0.851. The molecule has 0 fully saturated rings. The van der Waals surface area contributed by atoms with E-state index in [4.69, 9.17) is 10.3 Å². The number of hydrogen-bond donors (Lipinski definition) is 2. The lowest BCUT2D eigenvalue weighted by Gasteiger charge is -2.08. The molecule has 0 unspecified atom stereocenters. The zero-order chi connectivity index (χ0) is 14.7. The van der Waals surface area contributed by atoms with Gasteiger partial charge in [0.15, 0.2) is 0 Å². The van der Waals surface area contributed by atoms with Gasteiger partial charge < -0.3 is 15.6 Å². The molecule has 1 aromatic carbocycles. The van der Waals surface area contributed by atoms with Crippen molar-refractivity contribution in [1.82, 2.24) is 10.5 Å². The normalized spacial score (nSPS) is 10.0. The first kappa shape index (κ1) is 17.0. The number of anilines is 1. The SMILES string of the molecule is Cc1ccc(N)cc1C(=O)NCCc1c(C)noc1C.Cl. The van der Waals surface area contributed by atoms with Crippen LogP contribution in [0.3, 0.4) is 0 Å². The highest BCUT2D eigenvalue weighted by atomic mass is 35.5. The van der Waals surface area contributed by atoms with Gasteiger partial charge in [-0.05, 0) is 44.9 Å². The molecule has 1 aromatic heterocycles. The third-order valence-electron chi connectivity index (χ3n) is 3.35. The van der Waals surface area contributed by atoms with Crippen LogP contribution in [0.1, 0.15) is 32.9 Å². The number of amides is 1. The first-order chi connectivity index (χ1) is 9.49. The molecular formula is C15H20ClN3O2. The molecular weight excluding hydrogens is 290 g/mol. The Kier molecular flexibility index (Phi) is 5.79. The second-order valence-corrected chi connectivity index (χ2v) is 4.88. The smallest absolute Gasteiger partial charge is 0.251 e. The molecule has 0 aliphatic rings. The Morgan fingerprint density at radius 2 is 2.05 bits per heavy atom. The van der Waals surface area contributed by atoms with Crippen molar-refractivity contribution in [3.8, 4) is 0 Å². The van der Waals surface area contributed by atoms with Crippen LogP contribution in [0.5, 0.6) is 0 Å². The van der Waals surface area contributed by atoms with Crippen LogP contribution in [0.15, 0.2) is 22.7 Å². The number of nitrogens with one attached hydrogen (secondary N) is 1. The molecule has 0 atom stereocenters. The first-order valence-electron chi connectivity index (χ1n) is 6.55. The lowest BCUT2D eigenvalue weighted by atomic mass is 10.1. The summed E-state index contributed by atoms with van der Waals surface area (Å²) in [7, 11) is 0. The molecule has 0 saturated carbocycles. The van der Waals surface area contributed by atoms with Gasteiger partial charge in [-0.15, -0.1) is 12.4 Å². The average Bonchev–Trinajstić information content (AvgIpc) is 2.73. The van der Waals surface area contributed by atoms with Gasteiger partial charge in [0.05, 0.1) is 5.69 Å². The predicted octanol–water partition coefficient (Wildman–Crippen LogP) is 2.58. The van der Waals surface area contributed by atoms with Gasteiger partial charge in [0, 0.05) is 23.4 Å². The number of aryl methyl sites for hydroxylation is 3. The lowest BCUT2D eigenvalue weighted by molar-refractivity contribution is 0.0953. The Morgan fingerprint density at radius 1 is 1.33 bits per heavy atom. The van der Waals surface area contributed by atoms with Crippen LogP contribution in [0.25, 0.3) is 0 Å². The van der Waals surface area contributed by atoms with Gasteiger partial charge >= 0.3 is 0 Å². The van der Waals surface area contributed by atoms with Crippen LogP contribution in [0, 0.1) is 20.8 Å². The number of aromatic nitrogens is 1. The van der Waals surface area contributed by atoms with Crippen LogP contribution in [-0.4, -0.2) is 17.6 Å². The summed E-state index contributed by atoms with van der Waals surface area (Å²) in [6, 6.07) is 5.33. The van der Waals surface area contributed by atoms with Gasteiger partial charge in [0.25, 0.3) is 5.91 Å². The van der Waals surface area contributed by atoms with Crippen molar-refractivity contribution in [2.75, 3.05) is 12.3 Å². The Balaban J connectivity index is 0.00000220. The van der Waals surface area contributed by atoms with Crippen LogP contribution in [-0.2, 0) is 6.42 Å². The summed E-state index contributed by atoms with van der Waals surface area (Å²) in [5.74, 6) is 0.693. The van der Waals surface area contributed by atoms with Crippen molar-refractivity contribution in [2.45, 2.75) is 27.2 Å². The highest BCUT2D eigenvalue weighted by molar-refractivity contribution is 5.96. The fourth-order valence-corrected chi connectivity index (χ4v) is 2.14. The largest absolute Gasteiger partial charge is 0.399 e. The minimum Gasteiger partial charge on any atom is -0.399 e. The van der Waals surface area contributed by atoms with Gasteiger partial charge in [0.2, 0.25) is 0 Å². The van der Waals surface area contributed by atoms with E-state index >= 15 is 0 Å². The third-order valence-corrected chi connectivity index (χ3v) is 3.35. The number of rotatable bonds is 4. The maximum atomic E-state index is 12.1. The topological polar surface area (TPSA) is 81.2 Å². The molecule has 1 heterocycles. The number of benzene rings is 1. The van der Waals surface area contributed by atoms with Gasteiger partial charge in [0.1, 0.15) is 5.76 Å². The van der Waals surface area contributed by atoms with Crippen LogP contribution < -0.4 is 11.1 Å². The standard InChI is InChI=1S/C15H19N3O2.ClH/c1-9-4-5-12(16)8-14(9)15(19)17-7-6-13-10(2)18-20-11(13)3;/h4-5,8H,6-7,16H2,1-3H3,(H,17,19);1H. The molecule has 0 aliphatic carbocycles. The Bertz CT molecular complexity index is 618. The van der Waals surface area contributed by atoms with Gasteiger partial charge in [-0.2, -0.15) is 0 Å². The van der Waals surface area contributed by atoms with Crippen molar-refractivity contribution in [1.29, 1.82) is 0 Å². The molecule has 114 valence electrons. The molecule has 0 spiro atoms. The molecule has 0 aliphatic heterocycles. The molecule has 0 bridgehead atoms. The number of carbonyl (C=O) groups excluding carboxylic acids is 1. The van der Waals surface area contributed by atoms with Crippen LogP contribution >= 0.6 is 12.4 Å². The summed E-state index contributed by atoms with van der Waals surface area (Å²) in [5.41, 5.74) is 9.75. The molecule has 5 nitrogen and oxygen atoms in total. The Morgan fingerprint density at radius 3 is 2.67 bits per heavy atom. The van der Waals surface area contributed by atoms with Gasteiger partial charge in [-0.3, -0.25) is 4.79 Å². The summed E-state index contributed by atoms with van der Waals surface area (Å²) < 4.78 is 5.09. The molecule has 0 radical (unpaired) electrons. The fraction of sp³-hybridized carbons (Fsp3) is 0.333. The predicted molar refractivity (Wildman–Crippen MR) is 84.9 cm³/mol. The minimum atomic E-state index is -0.110. The summed E-state index contributed by atoms with van der Waals surface area (Å²) in [5, 5.41) is 6.79. The summed E-state index contributed by atoms with van der Waals surface area (Å²) in [4.78, 5) is 12.1. The molecule has 2 rings (SSSR count). The van der Waals surface area contributed by atoms with Crippen LogP contribution in [0.2, 0.25) is 0 Å². The fourth-order valence-electron chi connectivity index (χ4n) is 2.14. The van der Waals surface area contributed by atoms with Gasteiger partial charge in [-0.25, -0.2) is 0 Å². The van der Waals surface area contributed by atoms with Crippen molar-refractivity contribution >= 4 is 24.0 Å². The van der Waals surface area contributed by atoms with Crippen LogP contribution in [0.4, 0.5) is 5.69 Å². The van der Waals surface area contributed by atoms with Gasteiger partial charge in [-0.1, -0.05) is 11.2 Å². The van der Waals surface area contributed by atoms with E-state index in [9.17, 15) is 4.79 Å². The molecule has 0 saturated heterocycles. The third kappa shape index (κ3) is 3.98. The molecule has 3 N–H and O–H groups in total. The number of nitrogens with zero attached hydrogens (tertiary/aromatic N) is 1. The second-order valence-electron chi connectivity index (χ2n) is 4.88. The number of nitrogen functional groups attached to an aromatic ring is 1. The van der Waals surface area contributed by atoms with E-state index in [0.717, 1.165) is 22.6 Å². The summed E-state index contributed by atoms with van der Waals surface area (Å²) in [6.45, 7) is 6.20. The van der Waals surface area contributed by atoms with E-state index in [-0.39, 0.29) is 18.3 Å². The Hall–Kier alpha value is -2.01. The maximum absolute atomic E-state index is 12.1. The van der Waals surface area contributed by atoms with E-state index in [1.807, 2.05) is 26.8 Å². The van der Waals surface area contributed by atoms with E-state index < -0.39 is 0 Å². The Labute approximate surface area is 130 Å². The van der Waals surface area contributed by atoms with E-state index in [1.165, 1.54) is 0 Å². The van der Waals surface area contributed by atoms with E-state index in [1.54, 1.807) is 12.1 Å². The molecule has 6 heteroatoms. The zero-order valence-corrected chi connectivity index (χ0v) is 13.2. The maximum Gasteiger partial charge on any atom is 0.251 e. The van der Waals surface area contributed by atoms with Crippen molar-refractivity contribution in [3.63, 3.8) is 0 Å². The number of hydrogen-bond acceptors (Lipinski definition) is 4. The number of nitrogens with two attached hydrogens (primary N) is 1. The first-order valence-corrected chi connectivity index (χ1v) is 6.55. The monoisotopic (exact) mass is 309 g/mol. The highest BCUT2D eigenvalue weighted by Gasteiger charge is 2.11. The van der Waals surface area contributed by atoms with Crippen molar-refractivity contribution < 1.29 is 9.32 Å². The summed E-state index contributed by atoms with van der Waals surface area (Å²) >= 11 is 0. The minimum absolute atomic E-state index is 0. The van der Waals surface area contributed by atoms with E-state index in [0.29, 0.717) is 24.2 Å². The number of halogens is 1. The van der Waals surface area contributed by atoms with Crippen molar-refractivity contribution in [3.05, 3.63) is 46.3 Å². The lowest BCUT2D eigenvalue weighted by Crippen LogP contribution is -2.26. The molecule has 2 aromatic rings. The number of carbonyl (C=O) groups is 1.